The molecule has 0 spiro atoms. The summed E-state index contributed by atoms with van der Waals surface area (Å²) in [5.74, 6) is 1.73. The van der Waals surface area contributed by atoms with Gasteiger partial charge in [0.1, 0.15) is 36.9 Å². The highest BCUT2D eigenvalue weighted by Crippen LogP contribution is 2.42. The molecule has 0 bridgehead atoms. The fourth-order valence-electron chi connectivity index (χ4n) is 9.00. The molecule has 0 aromatic heterocycles. The van der Waals surface area contributed by atoms with Crippen molar-refractivity contribution < 1.29 is 18.9 Å². The third-order valence-electron chi connectivity index (χ3n) is 13.1. The van der Waals surface area contributed by atoms with Crippen LogP contribution in [0.15, 0.2) is 170 Å². The predicted octanol–water partition coefficient (Wildman–Crippen LogP) is 16.0. The van der Waals surface area contributed by atoms with E-state index in [9.17, 15) is 0 Å². The van der Waals surface area contributed by atoms with Crippen molar-refractivity contribution in [1.82, 2.24) is 0 Å². The quantitative estimate of drug-likeness (QED) is 0.0670. The second-order valence-electron chi connectivity index (χ2n) is 18.8. The minimum atomic E-state index is 0.220. The van der Waals surface area contributed by atoms with Crippen molar-refractivity contribution in [3.05, 3.63) is 225 Å². The molecular formula is C64H60N2O4. The van der Waals surface area contributed by atoms with Gasteiger partial charge >= 0.3 is 0 Å². The Morgan fingerprint density at radius 1 is 0.386 bits per heavy atom. The molecule has 2 aliphatic heterocycles. The largest absolute Gasteiger partial charge is 0.491 e. The maximum atomic E-state index is 6.01. The van der Waals surface area contributed by atoms with E-state index in [1.54, 1.807) is 0 Å². The lowest BCUT2D eigenvalue weighted by atomic mass is 10.0. The molecule has 8 aromatic rings. The van der Waals surface area contributed by atoms with E-state index in [2.05, 4.69) is 246 Å². The van der Waals surface area contributed by atoms with Crippen LogP contribution >= 0.6 is 0 Å². The van der Waals surface area contributed by atoms with E-state index in [1.165, 1.54) is 33.4 Å². The van der Waals surface area contributed by atoms with Gasteiger partial charge in [0.2, 0.25) is 0 Å². The first-order chi connectivity index (χ1) is 34.1. The third-order valence-corrected chi connectivity index (χ3v) is 13.1. The highest BCUT2D eigenvalue weighted by molar-refractivity contribution is 5.83. The summed E-state index contributed by atoms with van der Waals surface area (Å²) in [6.07, 6.45) is 9.16. The summed E-state index contributed by atoms with van der Waals surface area (Å²) in [6, 6.07) is 61.1. The predicted molar refractivity (Wildman–Crippen MR) is 291 cm³/mol. The number of benzene rings is 8. The Balaban J connectivity index is 0.791. The molecule has 2 saturated heterocycles. The van der Waals surface area contributed by atoms with Crippen LogP contribution in [0.5, 0.6) is 11.5 Å². The normalized spacial score (nSPS) is 15.1. The Labute approximate surface area is 413 Å². The highest BCUT2D eigenvalue weighted by Gasteiger charge is 2.25. The van der Waals surface area contributed by atoms with E-state index >= 15 is 0 Å². The van der Waals surface area contributed by atoms with Gasteiger partial charge in [-0.25, -0.2) is 0 Å². The van der Waals surface area contributed by atoms with Crippen molar-refractivity contribution in [2.24, 2.45) is 0 Å². The average molecular weight is 921 g/mol. The van der Waals surface area contributed by atoms with Crippen LogP contribution < -0.4 is 19.3 Å². The van der Waals surface area contributed by atoms with Crippen molar-refractivity contribution in [1.29, 1.82) is 0 Å². The average Bonchev–Trinajstić information content (AvgIpc) is 4.32. The summed E-state index contributed by atoms with van der Waals surface area (Å²) in [7, 11) is 0. The summed E-state index contributed by atoms with van der Waals surface area (Å²) in [5.41, 5.74) is 20.9. The smallest absolute Gasteiger partial charge is 0.119 e. The van der Waals surface area contributed by atoms with Gasteiger partial charge in [0.25, 0.3) is 0 Å². The van der Waals surface area contributed by atoms with Crippen LogP contribution in [-0.4, -0.2) is 38.6 Å². The number of anilines is 6. The summed E-state index contributed by atoms with van der Waals surface area (Å²) in [5, 5.41) is 0. The van der Waals surface area contributed by atoms with Gasteiger partial charge in [-0.2, -0.15) is 0 Å². The van der Waals surface area contributed by atoms with Crippen LogP contribution in [-0.2, 0) is 9.47 Å². The molecule has 6 nitrogen and oxygen atoms in total. The van der Waals surface area contributed by atoms with Crippen molar-refractivity contribution in [2.45, 2.75) is 53.8 Å². The van der Waals surface area contributed by atoms with Crippen LogP contribution in [0.4, 0.5) is 34.1 Å². The van der Waals surface area contributed by atoms with Gasteiger partial charge in [0.05, 0.1) is 13.2 Å². The van der Waals surface area contributed by atoms with Crippen LogP contribution in [0.25, 0.3) is 35.4 Å². The molecule has 350 valence electrons. The van der Waals surface area contributed by atoms with Crippen molar-refractivity contribution >= 4 is 58.4 Å². The van der Waals surface area contributed by atoms with Crippen LogP contribution in [0.2, 0.25) is 0 Å². The number of aryl methyl sites for hydroxylation is 6. The second-order valence-corrected chi connectivity index (χ2v) is 18.8. The lowest BCUT2D eigenvalue weighted by molar-refractivity contribution is 0.263. The number of rotatable bonds is 17. The molecule has 6 heteroatoms. The number of hydrogen-bond acceptors (Lipinski definition) is 6. The Bertz CT molecular complexity index is 2950. The minimum Gasteiger partial charge on any atom is -0.491 e. The molecule has 10 rings (SSSR count). The maximum Gasteiger partial charge on any atom is 0.119 e. The van der Waals surface area contributed by atoms with Crippen LogP contribution in [0.1, 0.15) is 55.6 Å². The summed E-state index contributed by atoms with van der Waals surface area (Å²) in [6.45, 7) is 15.7. The molecular weight excluding hydrogens is 861 g/mol. The topological polar surface area (TPSA) is 50.0 Å². The van der Waals surface area contributed by atoms with Crippen molar-refractivity contribution in [3.8, 4) is 22.6 Å². The summed E-state index contributed by atoms with van der Waals surface area (Å²) >= 11 is 0. The molecule has 2 aliphatic rings. The molecule has 2 unspecified atom stereocenters. The van der Waals surface area contributed by atoms with E-state index in [-0.39, 0.29) is 12.2 Å². The van der Waals surface area contributed by atoms with E-state index in [0.717, 1.165) is 92.2 Å². The van der Waals surface area contributed by atoms with Gasteiger partial charge in [0.15, 0.2) is 0 Å². The fourth-order valence-corrected chi connectivity index (χ4v) is 9.00. The lowest BCUT2D eigenvalue weighted by Crippen LogP contribution is -2.13. The van der Waals surface area contributed by atoms with Gasteiger partial charge in [-0.15, -0.1) is 0 Å². The Hall–Kier alpha value is -7.64. The molecule has 2 fully saturated rings. The van der Waals surface area contributed by atoms with Gasteiger partial charge in [-0.05, 0) is 170 Å². The minimum absolute atomic E-state index is 0.220. The zero-order chi connectivity index (χ0) is 48.1. The standard InChI is InChI=1S/C64H60N2O4/c1-43-7-31-61(45(3)35-43)65(63-33-29-57(37-47(63)5)67-39-59-41-69-59)55-25-17-51(18-26-55)11-9-49-13-21-53(22-14-49)54-23-15-50(16-24-54)10-12-52-19-27-56(28-20-52)66(62-32-8-44(2)36-46(62)4)64-34-30-58(38-48(64)6)68-40-60-42-70-60/h7-38,59-60H,39-42H2,1-6H3/b11-9+,12-10+. The second kappa shape index (κ2) is 20.5. The number of nitrogens with zero attached hydrogens (tertiary/aromatic N) is 2. The van der Waals surface area contributed by atoms with Crippen LogP contribution in [0, 0.1) is 41.5 Å². The van der Waals surface area contributed by atoms with E-state index < -0.39 is 0 Å². The van der Waals surface area contributed by atoms with Gasteiger partial charge in [-0.3, -0.25) is 0 Å². The molecule has 70 heavy (non-hydrogen) atoms. The molecule has 0 saturated carbocycles. The third kappa shape index (κ3) is 11.1. The van der Waals surface area contributed by atoms with Gasteiger partial charge in [-0.1, -0.05) is 132 Å². The first kappa shape index (κ1) is 46.1. The molecule has 2 heterocycles. The molecule has 0 amide bonds. The lowest BCUT2D eigenvalue weighted by Gasteiger charge is -2.29. The number of epoxide rings is 2. The first-order valence-corrected chi connectivity index (χ1v) is 24.3. The van der Waals surface area contributed by atoms with Crippen molar-refractivity contribution in [3.63, 3.8) is 0 Å². The zero-order valence-electron chi connectivity index (χ0n) is 41.0. The Morgan fingerprint density at radius 3 is 0.986 bits per heavy atom. The molecule has 0 N–H and O–H groups in total. The van der Waals surface area contributed by atoms with Crippen molar-refractivity contribution in [2.75, 3.05) is 36.2 Å². The number of hydrogen-bond donors (Lipinski definition) is 0. The molecule has 8 aromatic carbocycles. The van der Waals surface area contributed by atoms with Gasteiger partial charge < -0.3 is 28.7 Å². The first-order valence-electron chi connectivity index (χ1n) is 24.3. The van der Waals surface area contributed by atoms with E-state index in [4.69, 9.17) is 18.9 Å². The SMILES string of the molecule is Cc1ccc(N(c2ccc(/C=C/c3ccc(-c4ccc(/C=C/c5ccc(N(c6ccc(C)cc6C)c6ccc(OCC7CO7)cc6C)cc5)cc4)cc3)cc2)c2ccc(OCC3CO3)cc2C)c(C)c1. The Kier molecular flexibility index (Phi) is 13.5. The van der Waals surface area contributed by atoms with E-state index in [0.29, 0.717) is 13.2 Å². The van der Waals surface area contributed by atoms with E-state index in [1.807, 2.05) is 0 Å². The molecule has 2 atom stereocenters. The van der Waals surface area contributed by atoms with Crippen LogP contribution in [0.3, 0.4) is 0 Å². The highest BCUT2D eigenvalue weighted by atomic mass is 16.6. The van der Waals surface area contributed by atoms with Gasteiger partial charge in [0, 0.05) is 34.1 Å². The number of ether oxygens (including phenoxy) is 4. The maximum absolute atomic E-state index is 6.01. The summed E-state index contributed by atoms with van der Waals surface area (Å²) in [4.78, 5) is 4.69. The Morgan fingerprint density at radius 2 is 0.686 bits per heavy atom. The molecule has 0 radical (unpaired) electrons. The fraction of sp³-hybridized carbons (Fsp3) is 0.188. The molecule has 0 aliphatic carbocycles. The zero-order valence-corrected chi connectivity index (χ0v) is 41.0. The monoisotopic (exact) mass is 920 g/mol. The summed E-state index contributed by atoms with van der Waals surface area (Å²) < 4.78 is 22.7.